The van der Waals surface area contributed by atoms with Crippen LogP contribution in [0.5, 0.6) is 5.75 Å². The maximum absolute atomic E-state index is 11.3. The smallest absolute Gasteiger partial charge is 0.232 e. The number of benzene rings is 1. The van der Waals surface area contributed by atoms with E-state index in [1.807, 2.05) is 0 Å². The molecule has 1 aromatic carbocycles. The lowest BCUT2D eigenvalue weighted by molar-refractivity contribution is 0.477. The first kappa shape index (κ1) is 10.8. The predicted molar refractivity (Wildman–Crippen MR) is 55.8 cm³/mol. The van der Waals surface area contributed by atoms with E-state index < -0.39 is 10.0 Å². The molecule has 0 spiro atoms. The summed E-state index contributed by atoms with van der Waals surface area (Å²) in [5.41, 5.74) is 0.223. The van der Waals surface area contributed by atoms with Gasteiger partial charge in [-0.3, -0.25) is 4.72 Å². The van der Waals surface area contributed by atoms with E-state index in [1.54, 1.807) is 19.1 Å². The zero-order chi connectivity index (χ0) is 10.6. The van der Waals surface area contributed by atoms with E-state index in [1.165, 1.54) is 12.1 Å². The number of phenolic OH excluding ortho intramolecular Hbond substituents is 1. The maximum atomic E-state index is 11.3. The van der Waals surface area contributed by atoms with Crippen LogP contribution in [0.1, 0.15) is 13.3 Å². The second-order valence-corrected chi connectivity index (χ2v) is 4.78. The standard InChI is InChI=1S/C9H13NO3S/c1-2-7-14(12,13)10-8-5-3-4-6-9(8)11/h3-6,10-11H,2,7H2,1H3. The van der Waals surface area contributed by atoms with Gasteiger partial charge in [0, 0.05) is 0 Å². The molecule has 14 heavy (non-hydrogen) atoms. The Hall–Kier alpha value is -1.23. The monoisotopic (exact) mass is 215 g/mol. The second kappa shape index (κ2) is 4.32. The van der Waals surface area contributed by atoms with Crippen molar-refractivity contribution in [2.45, 2.75) is 13.3 Å². The molecule has 78 valence electrons. The topological polar surface area (TPSA) is 66.4 Å². The zero-order valence-corrected chi connectivity index (χ0v) is 8.71. The van der Waals surface area contributed by atoms with E-state index in [0.717, 1.165) is 0 Å². The highest BCUT2D eigenvalue weighted by Gasteiger charge is 2.10. The Morgan fingerprint density at radius 1 is 1.36 bits per heavy atom. The SMILES string of the molecule is CCCS(=O)(=O)Nc1ccccc1O. The van der Waals surface area contributed by atoms with Gasteiger partial charge in [0.25, 0.3) is 0 Å². The highest BCUT2D eigenvalue weighted by atomic mass is 32.2. The molecule has 2 N–H and O–H groups in total. The molecule has 0 aliphatic carbocycles. The minimum atomic E-state index is -3.32. The van der Waals surface area contributed by atoms with Crippen LogP contribution in [0.25, 0.3) is 0 Å². The number of anilines is 1. The second-order valence-electron chi connectivity index (χ2n) is 2.94. The van der Waals surface area contributed by atoms with Gasteiger partial charge in [-0.2, -0.15) is 0 Å². The van der Waals surface area contributed by atoms with Gasteiger partial charge in [-0.05, 0) is 18.6 Å². The summed E-state index contributed by atoms with van der Waals surface area (Å²) in [6, 6.07) is 6.24. The van der Waals surface area contributed by atoms with E-state index >= 15 is 0 Å². The number of nitrogens with one attached hydrogen (secondary N) is 1. The third-order valence-corrected chi connectivity index (χ3v) is 3.12. The van der Waals surface area contributed by atoms with Gasteiger partial charge in [0.15, 0.2) is 0 Å². The van der Waals surface area contributed by atoms with Crippen molar-refractivity contribution >= 4 is 15.7 Å². The molecule has 0 saturated carbocycles. The van der Waals surface area contributed by atoms with E-state index in [4.69, 9.17) is 0 Å². The minimum absolute atomic E-state index is 0.0569. The van der Waals surface area contributed by atoms with Crippen molar-refractivity contribution in [2.75, 3.05) is 10.5 Å². The summed E-state index contributed by atoms with van der Waals surface area (Å²) in [5, 5.41) is 9.32. The normalized spacial score (nSPS) is 11.2. The molecule has 0 amide bonds. The number of phenols is 1. The Morgan fingerprint density at radius 3 is 2.57 bits per heavy atom. The van der Waals surface area contributed by atoms with Crippen molar-refractivity contribution < 1.29 is 13.5 Å². The molecular formula is C9H13NO3S. The quantitative estimate of drug-likeness (QED) is 0.749. The van der Waals surface area contributed by atoms with E-state index in [0.29, 0.717) is 6.42 Å². The Labute approximate surface area is 83.6 Å². The summed E-state index contributed by atoms with van der Waals surface area (Å²) in [5.74, 6) is -0.00592. The van der Waals surface area contributed by atoms with Crippen molar-refractivity contribution in [3.8, 4) is 5.75 Å². The van der Waals surface area contributed by atoms with Crippen molar-refractivity contribution in [1.29, 1.82) is 0 Å². The molecule has 0 aliphatic heterocycles. The van der Waals surface area contributed by atoms with Gasteiger partial charge in [-0.15, -0.1) is 0 Å². The van der Waals surface area contributed by atoms with Crippen LogP contribution >= 0.6 is 0 Å². The third kappa shape index (κ3) is 2.92. The van der Waals surface area contributed by atoms with Gasteiger partial charge in [0.05, 0.1) is 11.4 Å². The van der Waals surface area contributed by atoms with Crippen molar-refractivity contribution in [3.05, 3.63) is 24.3 Å². The lowest BCUT2D eigenvalue weighted by Gasteiger charge is -2.07. The predicted octanol–water partition coefficient (Wildman–Crippen LogP) is 1.54. The molecule has 0 saturated heterocycles. The molecule has 0 heterocycles. The van der Waals surface area contributed by atoms with Crippen LogP contribution in [-0.2, 0) is 10.0 Å². The van der Waals surface area contributed by atoms with Gasteiger partial charge in [-0.1, -0.05) is 19.1 Å². The molecule has 0 aromatic heterocycles. The first-order valence-corrected chi connectivity index (χ1v) is 5.99. The van der Waals surface area contributed by atoms with Crippen LogP contribution in [0.15, 0.2) is 24.3 Å². The molecule has 0 unspecified atom stereocenters. The summed E-state index contributed by atoms with van der Waals surface area (Å²) in [6.07, 6.45) is 0.545. The molecule has 0 radical (unpaired) electrons. The molecule has 0 fully saturated rings. The summed E-state index contributed by atoms with van der Waals surface area (Å²) in [7, 11) is -3.32. The number of para-hydroxylation sites is 2. The lowest BCUT2D eigenvalue weighted by atomic mass is 10.3. The van der Waals surface area contributed by atoms with Gasteiger partial charge in [-0.25, -0.2) is 8.42 Å². The van der Waals surface area contributed by atoms with Gasteiger partial charge < -0.3 is 5.11 Å². The molecular weight excluding hydrogens is 202 g/mol. The Bertz CT molecular complexity index is 400. The molecule has 0 aliphatic rings. The first-order chi connectivity index (χ1) is 6.55. The fraction of sp³-hybridized carbons (Fsp3) is 0.333. The van der Waals surface area contributed by atoms with Crippen LogP contribution in [0.3, 0.4) is 0 Å². The van der Waals surface area contributed by atoms with Crippen molar-refractivity contribution in [1.82, 2.24) is 0 Å². The Morgan fingerprint density at radius 2 is 2.00 bits per heavy atom. The fourth-order valence-corrected chi connectivity index (χ4v) is 2.19. The molecule has 1 aromatic rings. The average molecular weight is 215 g/mol. The first-order valence-electron chi connectivity index (χ1n) is 4.33. The largest absolute Gasteiger partial charge is 0.506 e. The summed E-state index contributed by atoms with van der Waals surface area (Å²) < 4.78 is 25.0. The molecule has 4 nitrogen and oxygen atoms in total. The summed E-state index contributed by atoms with van der Waals surface area (Å²) in [4.78, 5) is 0. The van der Waals surface area contributed by atoms with E-state index in [-0.39, 0.29) is 17.2 Å². The molecule has 0 atom stereocenters. The van der Waals surface area contributed by atoms with E-state index in [2.05, 4.69) is 4.72 Å². The maximum Gasteiger partial charge on any atom is 0.232 e. The fourth-order valence-electron chi connectivity index (χ4n) is 1.05. The Kier molecular flexibility index (Phi) is 3.35. The van der Waals surface area contributed by atoms with Gasteiger partial charge in [0.2, 0.25) is 10.0 Å². The van der Waals surface area contributed by atoms with Crippen LogP contribution in [0.2, 0.25) is 0 Å². The lowest BCUT2D eigenvalue weighted by Crippen LogP contribution is -2.16. The summed E-state index contributed by atoms with van der Waals surface area (Å²) in [6.45, 7) is 1.78. The van der Waals surface area contributed by atoms with Crippen LogP contribution in [-0.4, -0.2) is 19.3 Å². The highest BCUT2D eigenvalue weighted by molar-refractivity contribution is 7.92. The number of hydrogen-bond donors (Lipinski definition) is 2. The molecule has 1 rings (SSSR count). The minimum Gasteiger partial charge on any atom is -0.506 e. The number of hydrogen-bond acceptors (Lipinski definition) is 3. The van der Waals surface area contributed by atoms with E-state index in [9.17, 15) is 13.5 Å². The van der Waals surface area contributed by atoms with Crippen LogP contribution in [0, 0.1) is 0 Å². The van der Waals surface area contributed by atoms with Crippen molar-refractivity contribution in [2.24, 2.45) is 0 Å². The zero-order valence-electron chi connectivity index (χ0n) is 7.90. The average Bonchev–Trinajstić information content (AvgIpc) is 2.08. The van der Waals surface area contributed by atoms with Gasteiger partial charge >= 0.3 is 0 Å². The van der Waals surface area contributed by atoms with Crippen LogP contribution in [0.4, 0.5) is 5.69 Å². The van der Waals surface area contributed by atoms with Gasteiger partial charge in [0.1, 0.15) is 5.75 Å². The summed E-state index contributed by atoms with van der Waals surface area (Å²) >= 11 is 0. The molecule has 5 heteroatoms. The van der Waals surface area contributed by atoms with Crippen LogP contribution < -0.4 is 4.72 Å². The van der Waals surface area contributed by atoms with Crippen molar-refractivity contribution in [3.63, 3.8) is 0 Å². The number of rotatable bonds is 4. The number of sulfonamides is 1. The number of aromatic hydroxyl groups is 1. The highest BCUT2D eigenvalue weighted by Crippen LogP contribution is 2.22. The Balaban J connectivity index is 2.84. The molecule has 0 bridgehead atoms. The third-order valence-electron chi connectivity index (χ3n) is 1.64.